The van der Waals surface area contributed by atoms with Crippen molar-refractivity contribution >= 4 is 11.4 Å². The molecular formula is C18H21N3O2. The molecule has 2 N–H and O–H groups in total. The van der Waals surface area contributed by atoms with E-state index in [9.17, 15) is 9.59 Å². The van der Waals surface area contributed by atoms with Crippen molar-refractivity contribution < 1.29 is 0 Å². The van der Waals surface area contributed by atoms with Crippen LogP contribution in [0.4, 0.5) is 11.4 Å². The van der Waals surface area contributed by atoms with Crippen LogP contribution in [0.15, 0.2) is 27.8 Å². The Morgan fingerprint density at radius 2 is 1.78 bits per heavy atom. The van der Waals surface area contributed by atoms with Crippen LogP contribution < -0.4 is 21.5 Å². The van der Waals surface area contributed by atoms with Crippen LogP contribution >= 0.6 is 0 Å². The van der Waals surface area contributed by atoms with E-state index in [4.69, 9.17) is 5.26 Å². The molecule has 0 amide bonds. The third-order valence-corrected chi connectivity index (χ3v) is 3.55. The maximum atomic E-state index is 11.7. The van der Waals surface area contributed by atoms with E-state index in [2.05, 4.69) is 16.7 Å². The number of nitrogens with zero attached hydrogens (tertiary/aromatic N) is 1. The lowest BCUT2D eigenvalue weighted by Crippen LogP contribution is -2.41. The topological polar surface area (TPSA) is 82.0 Å². The van der Waals surface area contributed by atoms with E-state index in [0.717, 1.165) is 17.5 Å². The molecule has 0 saturated carbocycles. The fraction of sp³-hybridized carbons (Fsp3) is 0.389. The summed E-state index contributed by atoms with van der Waals surface area (Å²) in [6.45, 7) is 8.23. The zero-order valence-electron chi connectivity index (χ0n) is 13.9. The molecule has 23 heavy (non-hydrogen) atoms. The van der Waals surface area contributed by atoms with Gasteiger partial charge in [-0.15, -0.1) is 0 Å². The van der Waals surface area contributed by atoms with Crippen LogP contribution in [-0.2, 0) is 13.0 Å². The van der Waals surface area contributed by atoms with Gasteiger partial charge in [-0.1, -0.05) is 19.1 Å². The molecule has 0 aliphatic heterocycles. The van der Waals surface area contributed by atoms with Crippen LogP contribution in [0.2, 0.25) is 0 Å². The summed E-state index contributed by atoms with van der Waals surface area (Å²) in [6.07, 6.45) is 0.772. The van der Waals surface area contributed by atoms with Crippen molar-refractivity contribution in [2.24, 2.45) is 0 Å². The molecule has 0 atom stereocenters. The predicted molar refractivity (Wildman–Crippen MR) is 92.6 cm³/mol. The lowest BCUT2D eigenvalue weighted by molar-refractivity contribution is 0.632. The predicted octanol–water partition coefficient (Wildman–Crippen LogP) is 2.54. The van der Waals surface area contributed by atoms with Gasteiger partial charge in [0, 0.05) is 12.1 Å². The van der Waals surface area contributed by atoms with Crippen molar-refractivity contribution in [1.82, 2.24) is 0 Å². The number of anilines is 2. The first-order valence-electron chi connectivity index (χ1n) is 7.64. The Labute approximate surface area is 135 Å². The van der Waals surface area contributed by atoms with Gasteiger partial charge in [0.25, 0.3) is 10.9 Å². The minimum Gasteiger partial charge on any atom is -0.376 e. The third-order valence-electron chi connectivity index (χ3n) is 3.55. The molecule has 0 heterocycles. The van der Waals surface area contributed by atoms with Gasteiger partial charge >= 0.3 is 0 Å². The van der Waals surface area contributed by atoms with Gasteiger partial charge in [-0.2, -0.15) is 5.26 Å². The number of hydrogen-bond donors (Lipinski definition) is 2. The molecule has 0 unspecified atom stereocenters. The summed E-state index contributed by atoms with van der Waals surface area (Å²) in [7, 11) is 0. The molecule has 0 aromatic heterocycles. The van der Waals surface area contributed by atoms with Gasteiger partial charge in [-0.3, -0.25) is 9.59 Å². The fourth-order valence-electron chi connectivity index (χ4n) is 2.40. The first-order chi connectivity index (χ1) is 10.8. The van der Waals surface area contributed by atoms with Crippen LogP contribution in [-0.4, -0.2) is 5.54 Å². The Kier molecular flexibility index (Phi) is 4.55. The molecular weight excluding hydrogens is 290 g/mol. The van der Waals surface area contributed by atoms with Gasteiger partial charge in [-0.05, 0) is 44.4 Å². The summed E-state index contributed by atoms with van der Waals surface area (Å²) < 4.78 is 0. The van der Waals surface area contributed by atoms with E-state index in [1.54, 1.807) is 6.07 Å². The summed E-state index contributed by atoms with van der Waals surface area (Å²) in [5.74, 6) is 0. The molecule has 2 rings (SSSR count). The number of hydrogen-bond acceptors (Lipinski definition) is 5. The van der Waals surface area contributed by atoms with E-state index in [1.165, 1.54) is 0 Å². The summed E-state index contributed by atoms with van der Waals surface area (Å²) in [4.78, 5) is 23.4. The number of aryl methyl sites for hydroxylation is 1. The second-order valence-electron chi connectivity index (χ2n) is 6.59. The Morgan fingerprint density at radius 3 is 2.35 bits per heavy atom. The van der Waals surface area contributed by atoms with Gasteiger partial charge in [-0.25, -0.2) is 0 Å². The number of nitriles is 1. The highest BCUT2D eigenvalue weighted by Crippen LogP contribution is 2.20. The van der Waals surface area contributed by atoms with E-state index in [-0.39, 0.29) is 5.54 Å². The van der Waals surface area contributed by atoms with Gasteiger partial charge in [0.1, 0.15) is 11.4 Å². The van der Waals surface area contributed by atoms with E-state index in [0.29, 0.717) is 23.5 Å². The Hall–Kier alpha value is -2.61. The zero-order valence-corrected chi connectivity index (χ0v) is 13.9. The minimum absolute atomic E-state index is 0.289. The van der Waals surface area contributed by atoms with E-state index < -0.39 is 10.9 Å². The lowest BCUT2D eigenvalue weighted by Gasteiger charge is -2.25. The van der Waals surface area contributed by atoms with Crippen molar-refractivity contribution in [2.45, 2.75) is 46.2 Å². The van der Waals surface area contributed by atoms with Crippen LogP contribution in [0.3, 0.4) is 0 Å². The standard InChI is InChI=1S/C18H21N3O2/c1-5-12-8-11(6-7-13(12)9-19)10-20-14-15(17(23)16(14)22)21-18(2,3)4/h6-8,20-21H,5,10H2,1-4H3. The maximum Gasteiger partial charge on any atom is 0.253 e. The molecule has 2 aromatic rings. The quantitative estimate of drug-likeness (QED) is 0.829. The first-order valence-corrected chi connectivity index (χ1v) is 7.64. The molecule has 120 valence electrons. The fourth-order valence-corrected chi connectivity index (χ4v) is 2.40. The molecule has 5 nitrogen and oxygen atoms in total. The smallest absolute Gasteiger partial charge is 0.253 e. The Morgan fingerprint density at radius 1 is 1.13 bits per heavy atom. The highest BCUT2D eigenvalue weighted by Gasteiger charge is 2.24. The molecule has 0 bridgehead atoms. The number of nitrogens with one attached hydrogen (secondary N) is 2. The van der Waals surface area contributed by atoms with Crippen LogP contribution in [0.1, 0.15) is 44.4 Å². The molecule has 0 saturated heterocycles. The van der Waals surface area contributed by atoms with E-state index in [1.807, 2.05) is 39.8 Å². The largest absolute Gasteiger partial charge is 0.376 e. The highest BCUT2D eigenvalue weighted by molar-refractivity contribution is 5.74. The van der Waals surface area contributed by atoms with Gasteiger partial charge < -0.3 is 10.6 Å². The minimum atomic E-state index is -0.485. The van der Waals surface area contributed by atoms with Gasteiger partial charge in [0.15, 0.2) is 0 Å². The summed E-state index contributed by atoms with van der Waals surface area (Å²) in [6, 6.07) is 7.76. The van der Waals surface area contributed by atoms with Crippen molar-refractivity contribution in [3.63, 3.8) is 0 Å². The molecule has 0 fully saturated rings. The average molecular weight is 311 g/mol. The highest BCUT2D eigenvalue weighted by atomic mass is 16.2. The van der Waals surface area contributed by atoms with Gasteiger partial charge in [0.2, 0.25) is 0 Å². The van der Waals surface area contributed by atoms with E-state index >= 15 is 0 Å². The van der Waals surface area contributed by atoms with Gasteiger partial charge in [0.05, 0.1) is 11.6 Å². The van der Waals surface area contributed by atoms with Crippen molar-refractivity contribution in [2.75, 3.05) is 10.6 Å². The molecule has 0 spiro atoms. The number of benzene rings is 1. The Balaban J connectivity index is 2.17. The molecule has 0 radical (unpaired) electrons. The van der Waals surface area contributed by atoms with Crippen molar-refractivity contribution in [1.29, 1.82) is 5.26 Å². The summed E-state index contributed by atoms with van der Waals surface area (Å²) in [5.41, 5.74) is 2.06. The molecule has 5 heteroatoms. The number of rotatable bonds is 5. The monoisotopic (exact) mass is 311 g/mol. The maximum absolute atomic E-state index is 11.7. The van der Waals surface area contributed by atoms with Crippen LogP contribution in [0.5, 0.6) is 0 Å². The van der Waals surface area contributed by atoms with Crippen molar-refractivity contribution in [3.8, 4) is 6.07 Å². The zero-order chi connectivity index (χ0) is 17.2. The Bertz CT molecular complexity index is 831. The van der Waals surface area contributed by atoms with Crippen LogP contribution in [0.25, 0.3) is 0 Å². The normalized spacial score (nSPS) is 11.3. The molecule has 0 aliphatic rings. The SMILES string of the molecule is CCc1cc(CNc2c(NC(C)(C)C)c(=O)c2=O)ccc1C#N. The molecule has 0 aliphatic carbocycles. The summed E-state index contributed by atoms with van der Waals surface area (Å²) >= 11 is 0. The second kappa shape index (κ2) is 6.25. The first kappa shape index (κ1) is 16.8. The van der Waals surface area contributed by atoms with Crippen molar-refractivity contribution in [3.05, 3.63) is 55.3 Å². The average Bonchev–Trinajstić information content (AvgIpc) is 2.52. The summed E-state index contributed by atoms with van der Waals surface area (Å²) in [5, 5.41) is 15.2. The second-order valence-corrected chi connectivity index (χ2v) is 6.59. The van der Waals surface area contributed by atoms with Crippen LogP contribution in [0, 0.1) is 11.3 Å². The lowest BCUT2D eigenvalue weighted by atomic mass is 10.0. The molecule has 2 aromatic carbocycles. The third kappa shape index (κ3) is 3.59.